The van der Waals surface area contributed by atoms with Crippen molar-refractivity contribution in [3.63, 3.8) is 0 Å². The number of hydrogen-bond donors (Lipinski definition) is 1. The number of aromatic carboxylic acids is 1. The second-order valence-corrected chi connectivity index (χ2v) is 7.05. The topological polar surface area (TPSA) is 59.3 Å². The third-order valence-electron chi connectivity index (χ3n) is 5.19. The van der Waals surface area contributed by atoms with Crippen molar-refractivity contribution in [3.05, 3.63) is 100.0 Å². The monoisotopic (exact) mass is 423 g/mol. The van der Waals surface area contributed by atoms with Gasteiger partial charge in [-0.3, -0.25) is 9.36 Å². The van der Waals surface area contributed by atoms with Crippen molar-refractivity contribution in [2.45, 2.75) is 13.1 Å². The highest BCUT2D eigenvalue weighted by molar-refractivity contribution is 6.05. The van der Waals surface area contributed by atoms with Crippen molar-refractivity contribution in [2.75, 3.05) is 0 Å². The molecule has 156 valence electrons. The van der Waals surface area contributed by atoms with Gasteiger partial charge in [-0.1, -0.05) is 42.5 Å². The van der Waals surface area contributed by atoms with E-state index in [1.165, 1.54) is 47.9 Å². The second kappa shape index (κ2) is 7.43. The van der Waals surface area contributed by atoms with Gasteiger partial charge in [-0.15, -0.1) is 0 Å². The van der Waals surface area contributed by atoms with Crippen molar-refractivity contribution >= 4 is 16.7 Å². The largest absolute Gasteiger partial charge is 0.478 e. The van der Waals surface area contributed by atoms with Crippen LogP contribution in [0.2, 0.25) is 0 Å². The van der Waals surface area contributed by atoms with Gasteiger partial charge in [0, 0.05) is 22.2 Å². The lowest BCUT2D eigenvalue weighted by Crippen LogP contribution is -2.24. The number of benzene rings is 3. The second-order valence-electron chi connectivity index (χ2n) is 7.05. The van der Waals surface area contributed by atoms with Gasteiger partial charge in [0.25, 0.3) is 5.56 Å². The Balaban J connectivity index is 2.07. The number of carbonyl (C=O) groups is 1. The van der Waals surface area contributed by atoms with Crippen molar-refractivity contribution < 1.29 is 23.1 Å². The molecule has 0 saturated carbocycles. The van der Waals surface area contributed by atoms with Crippen molar-refractivity contribution in [1.82, 2.24) is 4.57 Å². The molecular weight excluding hydrogens is 407 g/mol. The fourth-order valence-electron chi connectivity index (χ4n) is 3.82. The molecule has 0 bridgehead atoms. The third-order valence-corrected chi connectivity index (χ3v) is 5.19. The number of aromatic nitrogens is 1. The quantitative estimate of drug-likeness (QED) is 0.461. The van der Waals surface area contributed by atoms with E-state index in [0.29, 0.717) is 5.69 Å². The lowest BCUT2D eigenvalue weighted by Gasteiger charge is -2.17. The van der Waals surface area contributed by atoms with E-state index in [0.717, 1.165) is 6.07 Å². The molecule has 0 unspecified atom stereocenters. The summed E-state index contributed by atoms with van der Waals surface area (Å²) in [6, 6.07) is 17.8. The molecule has 1 N–H and O–H groups in total. The number of hydrogen-bond acceptors (Lipinski definition) is 2. The zero-order chi connectivity index (χ0) is 22.3. The molecule has 0 aliphatic carbocycles. The lowest BCUT2D eigenvalue weighted by atomic mass is 9.95. The van der Waals surface area contributed by atoms with Crippen LogP contribution in [-0.2, 0) is 6.18 Å². The molecular formula is C24H16F3NO3. The summed E-state index contributed by atoms with van der Waals surface area (Å²) in [5.74, 6) is -1.27. The van der Waals surface area contributed by atoms with E-state index in [4.69, 9.17) is 0 Å². The summed E-state index contributed by atoms with van der Waals surface area (Å²) in [5, 5.41) is 10.1. The minimum absolute atomic E-state index is 0.0851. The third kappa shape index (κ3) is 3.48. The van der Waals surface area contributed by atoms with E-state index in [-0.39, 0.29) is 33.2 Å². The molecule has 7 heteroatoms. The van der Waals surface area contributed by atoms with Gasteiger partial charge in [0.15, 0.2) is 0 Å². The molecule has 0 aliphatic rings. The van der Waals surface area contributed by atoms with Crippen LogP contribution in [0, 0.1) is 6.92 Å². The van der Waals surface area contributed by atoms with Crippen LogP contribution >= 0.6 is 0 Å². The van der Waals surface area contributed by atoms with Crippen LogP contribution in [0.25, 0.3) is 27.6 Å². The number of nitrogens with zero attached hydrogens (tertiary/aromatic N) is 1. The standard InChI is InChI=1S/C24H16F3NO3/c1-14-21(23(30)31)19-13-15(17-9-5-6-10-20(17)24(25,26)27)11-12-18(19)22(29)28(14)16-7-3-2-4-8-16/h2-13H,1H3,(H,30,31). The minimum atomic E-state index is -4.58. The number of rotatable bonds is 3. The van der Waals surface area contributed by atoms with E-state index in [2.05, 4.69) is 0 Å². The zero-order valence-corrected chi connectivity index (χ0v) is 16.3. The fourth-order valence-corrected chi connectivity index (χ4v) is 3.82. The molecule has 0 fully saturated rings. The van der Waals surface area contributed by atoms with Crippen molar-refractivity contribution in [2.24, 2.45) is 0 Å². The average molecular weight is 423 g/mol. The van der Waals surface area contributed by atoms with Gasteiger partial charge in [0.1, 0.15) is 0 Å². The summed E-state index contributed by atoms with van der Waals surface area (Å²) in [6.07, 6.45) is -4.58. The van der Waals surface area contributed by atoms with E-state index in [9.17, 15) is 27.9 Å². The molecule has 0 saturated heterocycles. The van der Waals surface area contributed by atoms with Crippen LogP contribution in [0.3, 0.4) is 0 Å². The molecule has 1 aromatic heterocycles. The van der Waals surface area contributed by atoms with E-state index < -0.39 is 23.3 Å². The van der Waals surface area contributed by atoms with Crippen LogP contribution in [0.15, 0.2) is 77.6 Å². The summed E-state index contributed by atoms with van der Waals surface area (Å²) in [7, 11) is 0. The maximum absolute atomic E-state index is 13.5. The predicted octanol–water partition coefficient (Wildman–Crippen LogP) is 5.68. The van der Waals surface area contributed by atoms with Gasteiger partial charge in [0.05, 0.1) is 11.1 Å². The SMILES string of the molecule is Cc1c(C(=O)O)c2cc(-c3ccccc3C(F)(F)F)ccc2c(=O)n1-c1ccccc1. The number of halogens is 3. The highest BCUT2D eigenvalue weighted by atomic mass is 19.4. The number of carboxylic acid groups (broad SMARTS) is 1. The van der Waals surface area contributed by atoms with Crippen LogP contribution in [0.1, 0.15) is 21.6 Å². The Hall–Kier alpha value is -3.87. The van der Waals surface area contributed by atoms with Gasteiger partial charge >= 0.3 is 12.1 Å². The molecule has 0 atom stereocenters. The molecule has 1 heterocycles. The van der Waals surface area contributed by atoms with Crippen LogP contribution < -0.4 is 5.56 Å². The maximum atomic E-state index is 13.5. The van der Waals surface area contributed by atoms with E-state index >= 15 is 0 Å². The predicted molar refractivity (Wildman–Crippen MR) is 112 cm³/mol. The van der Waals surface area contributed by atoms with Crippen LogP contribution in [0.5, 0.6) is 0 Å². The Labute approximate surface area is 174 Å². The zero-order valence-electron chi connectivity index (χ0n) is 16.3. The maximum Gasteiger partial charge on any atom is 0.417 e. The smallest absolute Gasteiger partial charge is 0.417 e. The Bertz CT molecular complexity index is 1370. The number of fused-ring (bicyclic) bond motifs is 1. The van der Waals surface area contributed by atoms with Crippen LogP contribution in [-0.4, -0.2) is 15.6 Å². The molecule has 0 radical (unpaired) electrons. The number of carboxylic acids is 1. The summed E-state index contributed by atoms with van der Waals surface area (Å²) < 4.78 is 41.7. The summed E-state index contributed by atoms with van der Waals surface area (Å²) >= 11 is 0. The molecule has 0 amide bonds. The van der Waals surface area contributed by atoms with Gasteiger partial charge in [-0.25, -0.2) is 4.79 Å². The Morgan fingerprint density at radius 2 is 1.55 bits per heavy atom. The first-order chi connectivity index (χ1) is 14.7. The first-order valence-electron chi connectivity index (χ1n) is 9.35. The molecule has 4 rings (SSSR count). The van der Waals surface area contributed by atoms with Crippen LogP contribution in [0.4, 0.5) is 13.2 Å². The Kier molecular flexibility index (Phi) is 4.89. The Morgan fingerprint density at radius 3 is 2.19 bits per heavy atom. The van der Waals surface area contributed by atoms with E-state index in [1.807, 2.05) is 0 Å². The van der Waals surface area contributed by atoms with E-state index in [1.54, 1.807) is 30.3 Å². The average Bonchev–Trinajstić information content (AvgIpc) is 2.73. The molecule has 31 heavy (non-hydrogen) atoms. The van der Waals surface area contributed by atoms with Gasteiger partial charge < -0.3 is 5.11 Å². The van der Waals surface area contributed by atoms with Gasteiger partial charge in [-0.2, -0.15) is 13.2 Å². The first kappa shape index (κ1) is 20.4. The number of pyridine rings is 1. The normalized spacial score (nSPS) is 11.6. The summed E-state index contributed by atoms with van der Waals surface area (Å²) in [4.78, 5) is 25.3. The molecule has 4 nitrogen and oxygen atoms in total. The molecule has 0 spiro atoms. The molecule has 0 aliphatic heterocycles. The minimum Gasteiger partial charge on any atom is -0.478 e. The van der Waals surface area contributed by atoms with Crippen molar-refractivity contribution in [3.8, 4) is 16.8 Å². The number of para-hydroxylation sites is 1. The van der Waals surface area contributed by atoms with Gasteiger partial charge in [-0.05, 0) is 48.4 Å². The van der Waals surface area contributed by atoms with Crippen molar-refractivity contribution in [1.29, 1.82) is 0 Å². The summed E-state index contributed by atoms with van der Waals surface area (Å²) in [6.45, 7) is 1.51. The molecule has 4 aromatic rings. The lowest BCUT2D eigenvalue weighted by molar-refractivity contribution is -0.137. The number of alkyl halides is 3. The highest BCUT2D eigenvalue weighted by Gasteiger charge is 2.33. The Morgan fingerprint density at radius 1 is 0.903 bits per heavy atom. The first-order valence-corrected chi connectivity index (χ1v) is 9.35. The highest BCUT2D eigenvalue weighted by Crippen LogP contribution is 2.38. The van der Waals surface area contributed by atoms with Gasteiger partial charge in [0.2, 0.25) is 0 Å². The summed E-state index contributed by atoms with van der Waals surface area (Å²) in [5.41, 5.74) is -0.625. The molecule has 3 aromatic carbocycles. The fraction of sp³-hybridized carbons (Fsp3) is 0.0833.